The maximum absolute atomic E-state index is 13.3. The van der Waals surface area contributed by atoms with Gasteiger partial charge in [0.1, 0.15) is 5.82 Å². The van der Waals surface area contributed by atoms with Gasteiger partial charge < -0.3 is 4.90 Å². The van der Waals surface area contributed by atoms with Crippen molar-refractivity contribution in [1.82, 2.24) is 9.21 Å². The van der Waals surface area contributed by atoms with Crippen LogP contribution in [0.1, 0.15) is 32.6 Å². The molecular formula is C18H27FN2O2S. The SMILES string of the molecule is CC1CCN(CC2CCN(S(=O)(=O)c3cccc(F)c3)CC2)CC1. The molecule has 4 nitrogen and oxygen atoms in total. The van der Waals surface area contributed by atoms with Crippen LogP contribution in [0.4, 0.5) is 4.39 Å². The van der Waals surface area contributed by atoms with Gasteiger partial charge in [-0.05, 0) is 68.8 Å². The molecule has 1 aromatic carbocycles. The number of benzene rings is 1. The van der Waals surface area contributed by atoms with E-state index in [-0.39, 0.29) is 4.90 Å². The molecule has 3 rings (SSSR count). The van der Waals surface area contributed by atoms with E-state index in [4.69, 9.17) is 0 Å². The zero-order valence-electron chi connectivity index (χ0n) is 14.3. The molecule has 134 valence electrons. The number of nitrogens with zero attached hydrogens (tertiary/aromatic N) is 2. The summed E-state index contributed by atoms with van der Waals surface area (Å²) in [6.07, 6.45) is 4.32. The Balaban J connectivity index is 1.55. The second-order valence-corrected chi connectivity index (χ2v) is 9.23. The van der Waals surface area contributed by atoms with E-state index in [0.29, 0.717) is 19.0 Å². The number of sulfonamides is 1. The van der Waals surface area contributed by atoms with Gasteiger partial charge in [-0.3, -0.25) is 0 Å². The van der Waals surface area contributed by atoms with Crippen LogP contribution in [-0.2, 0) is 10.0 Å². The third-order valence-electron chi connectivity index (χ3n) is 5.40. The fourth-order valence-electron chi connectivity index (χ4n) is 3.72. The standard InChI is InChI=1S/C18H27FN2O2S/c1-15-5-9-20(10-6-15)14-16-7-11-21(12-8-16)24(22,23)18-4-2-3-17(19)13-18/h2-4,13,15-16H,5-12,14H2,1H3. The first-order valence-electron chi connectivity index (χ1n) is 8.93. The van der Waals surface area contributed by atoms with E-state index >= 15 is 0 Å². The molecule has 0 atom stereocenters. The van der Waals surface area contributed by atoms with Gasteiger partial charge in [0.15, 0.2) is 0 Å². The second-order valence-electron chi connectivity index (χ2n) is 7.29. The Morgan fingerprint density at radius 3 is 2.38 bits per heavy atom. The van der Waals surface area contributed by atoms with Crippen LogP contribution >= 0.6 is 0 Å². The first-order valence-corrected chi connectivity index (χ1v) is 10.4. The Labute approximate surface area is 144 Å². The van der Waals surface area contributed by atoms with Gasteiger partial charge in [-0.25, -0.2) is 12.8 Å². The summed E-state index contributed by atoms with van der Waals surface area (Å²) >= 11 is 0. The average molecular weight is 354 g/mol. The minimum atomic E-state index is -3.57. The number of halogens is 1. The van der Waals surface area contributed by atoms with E-state index in [0.717, 1.165) is 31.4 Å². The van der Waals surface area contributed by atoms with Crippen LogP contribution in [0, 0.1) is 17.7 Å². The highest BCUT2D eigenvalue weighted by Gasteiger charge is 2.30. The van der Waals surface area contributed by atoms with Gasteiger partial charge >= 0.3 is 0 Å². The summed E-state index contributed by atoms with van der Waals surface area (Å²) in [6, 6.07) is 5.30. The first-order chi connectivity index (χ1) is 11.4. The fraction of sp³-hybridized carbons (Fsp3) is 0.667. The molecule has 0 spiro atoms. The molecule has 0 aromatic heterocycles. The minimum absolute atomic E-state index is 0.0611. The van der Waals surface area contributed by atoms with Crippen LogP contribution in [0.5, 0.6) is 0 Å². The molecule has 2 saturated heterocycles. The van der Waals surface area contributed by atoms with Crippen molar-refractivity contribution in [3.8, 4) is 0 Å². The van der Waals surface area contributed by atoms with Crippen LogP contribution in [0.3, 0.4) is 0 Å². The molecule has 0 amide bonds. The molecule has 6 heteroatoms. The Morgan fingerprint density at radius 2 is 1.75 bits per heavy atom. The van der Waals surface area contributed by atoms with E-state index < -0.39 is 15.8 Å². The molecule has 0 aliphatic carbocycles. The lowest BCUT2D eigenvalue weighted by molar-refractivity contribution is 0.142. The van der Waals surface area contributed by atoms with Crippen LogP contribution in [-0.4, -0.2) is 50.3 Å². The maximum Gasteiger partial charge on any atom is 0.243 e. The van der Waals surface area contributed by atoms with Crippen molar-refractivity contribution in [2.75, 3.05) is 32.7 Å². The van der Waals surface area contributed by atoms with Gasteiger partial charge in [-0.1, -0.05) is 13.0 Å². The quantitative estimate of drug-likeness (QED) is 0.835. The Kier molecular flexibility index (Phi) is 5.57. The first kappa shape index (κ1) is 17.8. The molecule has 2 heterocycles. The molecule has 24 heavy (non-hydrogen) atoms. The largest absolute Gasteiger partial charge is 0.303 e. The lowest BCUT2D eigenvalue weighted by Gasteiger charge is -2.36. The van der Waals surface area contributed by atoms with E-state index in [2.05, 4.69) is 11.8 Å². The second kappa shape index (κ2) is 7.50. The lowest BCUT2D eigenvalue weighted by Crippen LogP contribution is -2.43. The summed E-state index contributed by atoms with van der Waals surface area (Å²) in [7, 11) is -3.57. The molecule has 2 aliphatic rings. The van der Waals surface area contributed by atoms with E-state index in [9.17, 15) is 12.8 Å². The van der Waals surface area contributed by atoms with Crippen LogP contribution in [0.2, 0.25) is 0 Å². The highest BCUT2D eigenvalue weighted by atomic mass is 32.2. The van der Waals surface area contributed by atoms with Crippen molar-refractivity contribution >= 4 is 10.0 Å². The van der Waals surface area contributed by atoms with Gasteiger partial charge in [-0.2, -0.15) is 4.31 Å². The Hall–Kier alpha value is -0.980. The molecule has 0 unspecified atom stereocenters. The number of likely N-dealkylation sites (tertiary alicyclic amines) is 1. The smallest absolute Gasteiger partial charge is 0.243 e. The van der Waals surface area contributed by atoms with Crippen molar-refractivity contribution in [3.05, 3.63) is 30.1 Å². The van der Waals surface area contributed by atoms with Crippen molar-refractivity contribution in [1.29, 1.82) is 0 Å². The molecule has 0 N–H and O–H groups in total. The highest BCUT2D eigenvalue weighted by Crippen LogP contribution is 2.26. The van der Waals surface area contributed by atoms with Gasteiger partial charge in [-0.15, -0.1) is 0 Å². The van der Waals surface area contributed by atoms with Crippen molar-refractivity contribution < 1.29 is 12.8 Å². The summed E-state index contributed by atoms with van der Waals surface area (Å²) in [5.74, 6) is 0.891. The summed E-state index contributed by atoms with van der Waals surface area (Å²) in [5.41, 5.74) is 0. The highest BCUT2D eigenvalue weighted by molar-refractivity contribution is 7.89. The molecule has 0 radical (unpaired) electrons. The number of hydrogen-bond donors (Lipinski definition) is 0. The Bertz CT molecular complexity index is 649. The van der Waals surface area contributed by atoms with Gasteiger partial charge in [0, 0.05) is 19.6 Å². The number of piperidine rings is 2. The van der Waals surface area contributed by atoms with Gasteiger partial charge in [0.25, 0.3) is 0 Å². The lowest BCUT2D eigenvalue weighted by atomic mass is 9.94. The van der Waals surface area contributed by atoms with Gasteiger partial charge in [0.2, 0.25) is 10.0 Å². The summed E-state index contributed by atoms with van der Waals surface area (Å²) in [6.45, 7) is 6.81. The molecule has 2 fully saturated rings. The van der Waals surface area contributed by atoms with Gasteiger partial charge in [0.05, 0.1) is 4.90 Å². The number of hydrogen-bond acceptors (Lipinski definition) is 3. The molecule has 0 saturated carbocycles. The predicted molar refractivity (Wildman–Crippen MR) is 92.7 cm³/mol. The summed E-state index contributed by atoms with van der Waals surface area (Å²) in [4.78, 5) is 2.59. The monoisotopic (exact) mass is 354 g/mol. The predicted octanol–water partition coefficient (Wildman–Crippen LogP) is 2.96. The maximum atomic E-state index is 13.3. The third kappa shape index (κ3) is 4.16. The molecule has 0 bridgehead atoms. The van der Waals surface area contributed by atoms with Crippen molar-refractivity contribution in [2.45, 2.75) is 37.5 Å². The van der Waals surface area contributed by atoms with E-state index in [1.807, 2.05) is 0 Å². The zero-order valence-corrected chi connectivity index (χ0v) is 15.1. The molecule has 1 aromatic rings. The third-order valence-corrected chi connectivity index (χ3v) is 7.29. The molecular weight excluding hydrogens is 327 g/mol. The topological polar surface area (TPSA) is 40.6 Å². The summed E-state index contributed by atoms with van der Waals surface area (Å²) in [5, 5.41) is 0. The minimum Gasteiger partial charge on any atom is -0.303 e. The van der Waals surface area contributed by atoms with Crippen LogP contribution in [0.15, 0.2) is 29.2 Å². The van der Waals surface area contributed by atoms with E-state index in [1.165, 1.54) is 48.4 Å². The van der Waals surface area contributed by atoms with Crippen LogP contribution in [0.25, 0.3) is 0 Å². The van der Waals surface area contributed by atoms with Crippen molar-refractivity contribution in [3.63, 3.8) is 0 Å². The average Bonchev–Trinajstić information content (AvgIpc) is 2.57. The summed E-state index contributed by atoms with van der Waals surface area (Å²) < 4.78 is 40.1. The fourth-order valence-corrected chi connectivity index (χ4v) is 5.22. The molecule has 2 aliphatic heterocycles. The van der Waals surface area contributed by atoms with Crippen LogP contribution < -0.4 is 0 Å². The van der Waals surface area contributed by atoms with E-state index in [1.54, 1.807) is 0 Å². The van der Waals surface area contributed by atoms with Crippen molar-refractivity contribution in [2.24, 2.45) is 11.8 Å². The Morgan fingerprint density at radius 1 is 1.08 bits per heavy atom. The zero-order chi connectivity index (χ0) is 17.2. The normalized spacial score (nSPS) is 22.8. The number of rotatable bonds is 4.